The quantitative estimate of drug-likeness (QED) is 0.358. The highest BCUT2D eigenvalue weighted by molar-refractivity contribution is 7.91. The maximum Gasteiger partial charge on any atom is 0.337 e. The number of hydrogen-bond donors (Lipinski definition) is 2. The van der Waals surface area contributed by atoms with E-state index in [0.29, 0.717) is 0 Å². The highest BCUT2D eigenvalue weighted by atomic mass is 32.2. The molecule has 0 saturated heterocycles. The third kappa shape index (κ3) is 6.30. The second kappa shape index (κ2) is 10.4. The van der Waals surface area contributed by atoms with E-state index < -0.39 is 63.2 Å². The Labute approximate surface area is 210 Å². The molecule has 36 heavy (non-hydrogen) atoms. The average Bonchev–Trinajstić information content (AvgIpc) is 3.12. The molecule has 0 aromatic heterocycles. The standard InChI is InChI=1S/C26H31NO8S/c1-25(2,3)35-22(28)12-14-36(32,33)15-13-26(27,23(29)30)24(31)34-16-21-19-10-6-4-8-17(19)18-9-5-7-11-20(18)21/h4-11,21H,12-16,27H2,1-3H3,(H,29,30)/t26-/m0/s1. The van der Waals surface area contributed by atoms with Gasteiger partial charge in [-0.15, -0.1) is 0 Å². The van der Waals surface area contributed by atoms with Gasteiger partial charge in [0.2, 0.25) is 5.54 Å². The Bertz CT molecular complexity index is 1220. The van der Waals surface area contributed by atoms with E-state index in [1.165, 1.54) is 0 Å². The molecule has 0 spiro atoms. The maximum absolute atomic E-state index is 12.8. The first kappa shape index (κ1) is 27.3. The number of ether oxygens (including phenoxy) is 2. The molecule has 9 nitrogen and oxygen atoms in total. The van der Waals surface area contributed by atoms with Crippen LogP contribution in [0.4, 0.5) is 0 Å². The fraction of sp³-hybridized carbons (Fsp3) is 0.423. The van der Waals surface area contributed by atoms with E-state index in [1.807, 2.05) is 48.5 Å². The van der Waals surface area contributed by atoms with E-state index in [0.717, 1.165) is 22.3 Å². The van der Waals surface area contributed by atoms with Gasteiger partial charge in [0.15, 0.2) is 9.84 Å². The van der Waals surface area contributed by atoms with E-state index in [2.05, 4.69) is 0 Å². The van der Waals surface area contributed by atoms with Crippen LogP contribution >= 0.6 is 0 Å². The average molecular weight is 518 g/mol. The number of sulfone groups is 1. The predicted octanol–water partition coefficient (Wildman–Crippen LogP) is 2.66. The zero-order chi connectivity index (χ0) is 26.7. The van der Waals surface area contributed by atoms with Gasteiger partial charge < -0.3 is 20.3 Å². The molecule has 0 heterocycles. The smallest absolute Gasteiger partial charge is 0.337 e. The van der Waals surface area contributed by atoms with Crippen molar-refractivity contribution in [2.24, 2.45) is 5.73 Å². The van der Waals surface area contributed by atoms with Gasteiger partial charge in [-0.05, 0) is 43.0 Å². The molecule has 0 saturated carbocycles. The minimum Gasteiger partial charge on any atom is -0.479 e. The van der Waals surface area contributed by atoms with E-state index >= 15 is 0 Å². The maximum atomic E-state index is 12.8. The third-order valence-electron chi connectivity index (χ3n) is 5.93. The molecule has 2 aromatic carbocycles. The molecular weight excluding hydrogens is 486 g/mol. The number of carbonyl (C=O) groups excluding carboxylic acids is 2. The van der Waals surface area contributed by atoms with Crippen molar-refractivity contribution in [3.8, 4) is 11.1 Å². The highest BCUT2D eigenvalue weighted by Crippen LogP contribution is 2.44. The van der Waals surface area contributed by atoms with Crippen LogP contribution in [0, 0.1) is 0 Å². The molecule has 194 valence electrons. The molecule has 3 N–H and O–H groups in total. The van der Waals surface area contributed by atoms with Crippen LogP contribution < -0.4 is 5.73 Å². The Morgan fingerprint density at radius 3 is 1.97 bits per heavy atom. The molecule has 0 fully saturated rings. The van der Waals surface area contributed by atoms with Gasteiger partial charge in [0, 0.05) is 12.3 Å². The first-order chi connectivity index (χ1) is 16.7. The van der Waals surface area contributed by atoms with Gasteiger partial charge in [-0.1, -0.05) is 48.5 Å². The number of carboxylic acid groups (broad SMARTS) is 1. The number of carbonyl (C=O) groups is 3. The molecule has 0 bridgehead atoms. The lowest BCUT2D eigenvalue weighted by molar-refractivity contribution is -0.161. The predicted molar refractivity (Wildman–Crippen MR) is 133 cm³/mol. The number of esters is 2. The van der Waals surface area contributed by atoms with Crippen molar-refractivity contribution in [1.29, 1.82) is 0 Å². The van der Waals surface area contributed by atoms with Crippen LogP contribution in [0.25, 0.3) is 11.1 Å². The lowest BCUT2D eigenvalue weighted by Gasteiger charge is -2.24. The lowest BCUT2D eigenvalue weighted by atomic mass is 9.96. The number of benzene rings is 2. The minimum atomic E-state index is -3.89. The minimum absolute atomic E-state index is 0.148. The number of hydrogen-bond acceptors (Lipinski definition) is 8. The summed E-state index contributed by atoms with van der Waals surface area (Å²) >= 11 is 0. The van der Waals surface area contributed by atoms with Crippen molar-refractivity contribution in [2.75, 3.05) is 18.1 Å². The topological polar surface area (TPSA) is 150 Å². The Morgan fingerprint density at radius 1 is 0.944 bits per heavy atom. The molecule has 0 radical (unpaired) electrons. The molecule has 1 atom stereocenters. The van der Waals surface area contributed by atoms with Gasteiger partial charge in [0.1, 0.15) is 12.2 Å². The number of carboxylic acids is 1. The number of rotatable bonds is 10. The summed E-state index contributed by atoms with van der Waals surface area (Å²) in [5.41, 5.74) is 6.44. The Hall–Kier alpha value is -3.24. The van der Waals surface area contributed by atoms with E-state index in [-0.39, 0.29) is 12.5 Å². The van der Waals surface area contributed by atoms with Gasteiger partial charge >= 0.3 is 17.9 Å². The zero-order valence-corrected chi connectivity index (χ0v) is 21.3. The van der Waals surface area contributed by atoms with Crippen molar-refractivity contribution >= 4 is 27.7 Å². The molecule has 0 unspecified atom stereocenters. The fourth-order valence-corrected chi connectivity index (χ4v) is 5.39. The molecule has 2 aromatic rings. The second-order valence-corrected chi connectivity index (χ2v) is 12.1. The first-order valence-corrected chi connectivity index (χ1v) is 13.4. The molecule has 3 rings (SSSR count). The Kier molecular flexibility index (Phi) is 7.90. The summed E-state index contributed by atoms with van der Waals surface area (Å²) in [7, 11) is -3.89. The summed E-state index contributed by atoms with van der Waals surface area (Å²) in [6, 6.07) is 15.3. The van der Waals surface area contributed by atoms with Crippen LogP contribution in [0.5, 0.6) is 0 Å². The largest absolute Gasteiger partial charge is 0.479 e. The molecule has 10 heteroatoms. The van der Waals surface area contributed by atoms with Gasteiger partial charge in [-0.2, -0.15) is 0 Å². The molecule has 0 amide bonds. The molecule has 1 aliphatic rings. The summed E-state index contributed by atoms with van der Waals surface area (Å²) in [4.78, 5) is 36.6. The van der Waals surface area contributed by atoms with Gasteiger partial charge in [-0.3, -0.25) is 4.79 Å². The highest BCUT2D eigenvalue weighted by Gasteiger charge is 2.45. The van der Waals surface area contributed by atoms with Gasteiger partial charge in [-0.25, -0.2) is 18.0 Å². The fourth-order valence-electron chi connectivity index (χ4n) is 4.07. The van der Waals surface area contributed by atoms with Crippen LogP contribution in [0.3, 0.4) is 0 Å². The first-order valence-electron chi connectivity index (χ1n) is 11.5. The summed E-state index contributed by atoms with van der Waals surface area (Å²) in [6.45, 7) is 4.82. The second-order valence-electron chi connectivity index (χ2n) is 9.84. The number of nitrogens with two attached hydrogens (primary N) is 1. The van der Waals surface area contributed by atoms with Gasteiger partial charge in [0.25, 0.3) is 0 Å². The SMILES string of the molecule is CC(C)(C)OC(=O)CCS(=O)(=O)CC[C@](N)(C(=O)O)C(=O)OCC1c2ccccc2-c2ccccc21. The molecule has 0 aliphatic heterocycles. The number of fused-ring (bicyclic) bond motifs is 3. The van der Waals surface area contributed by atoms with Crippen LogP contribution in [-0.2, 0) is 33.7 Å². The summed E-state index contributed by atoms with van der Waals surface area (Å²) in [5.74, 6) is -5.18. The normalized spacial score (nSPS) is 14.9. The number of aliphatic carboxylic acids is 1. The molecule has 1 aliphatic carbocycles. The van der Waals surface area contributed by atoms with Crippen LogP contribution in [0.15, 0.2) is 48.5 Å². The van der Waals surface area contributed by atoms with Crippen molar-refractivity contribution in [3.05, 3.63) is 59.7 Å². The monoisotopic (exact) mass is 517 g/mol. The zero-order valence-electron chi connectivity index (χ0n) is 20.5. The van der Waals surface area contributed by atoms with Crippen LogP contribution in [-0.4, -0.2) is 60.7 Å². The summed E-state index contributed by atoms with van der Waals surface area (Å²) < 4.78 is 35.3. The van der Waals surface area contributed by atoms with Crippen molar-refractivity contribution in [3.63, 3.8) is 0 Å². The third-order valence-corrected chi connectivity index (χ3v) is 7.59. The van der Waals surface area contributed by atoms with Crippen molar-refractivity contribution in [1.82, 2.24) is 0 Å². The van der Waals surface area contributed by atoms with Crippen LogP contribution in [0.2, 0.25) is 0 Å². The van der Waals surface area contributed by atoms with Crippen molar-refractivity contribution in [2.45, 2.75) is 50.7 Å². The van der Waals surface area contributed by atoms with E-state index in [1.54, 1.807) is 20.8 Å². The van der Waals surface area contributed by atoms with E-state index in [4.69, 9.17) is 15.2 Å². The van der Waals surface area contributed by atoms with Crippen molar-refractivity contribution < 1.29 is 37.4 Å². The summed E-state index contributed by atoms with van der Waals surface area (Å²) in [6.07, 6.45) is -1.09. The summed E-state index contributed by atoms with van der Waals surface area (Å²) in [5, 5.41) is 9.66. The van der Waals surface area contributed by atoms with E-state index in [9.17, 15) is 27.9 Å². The van der Waals surface area contributed by atoms with Gasteiger partial charge in [0.05, 0.1) is 17.9 Å². The Morgan fingerprint density at radius 2 is 1.47 bits per heavy atom. The lowest BCUT2D eigenvalue weighted by Crippen LogP contribution is -2.57. The van der Waals surface area contributed by atoms with Crippen LogP contribution in [0.1, 0.15) is 50.7 Å². The molecular formula is C26H31NO8S. The Balaban J connectivity index is 1.66.